The number of hydrogen-bond donors (Lipinski definition) is 1. The first kappa shape index (κ1) is 24.2. The van der Waals surface area contributed by atoms with Gasteiger partial charge in [0.15, 0.2) is 11.6 Å². The van der Waals surface area contributed by atoms with Crippen LogP contribution in [0.5, 0.6) is 5.75 Å². The number of rotatable bonds is 7. The van der Waals surface area contributed by atoms with Crippen molar-refractivity contribution in [2.24, 2.45) is 0 Å². The van der Waals surface area contributed by atoms with Crippen molar-refractivity contribution in [3.63, 3.8) is 0 Å². The lowest BCUT2D eigenvalue weighted by atomic mass is 10.0. The van der Waals surface area contributed by atoms with E-state index in [1.807, 2.05) is 0 Å². The number of amides is 1. The van der Waals surface area contributed by atoms with Gasteiger partial charge in [-0.15, -0.1) is 0 Å². The fraction of sp³-hybridized carbons (Fsp3) is 0.200. The number of nitrogens with zero attached hydrogens (tertiary/aromatic N) is 2. The van der Waals surface area contributed by atoms with Gasteiger partial charge in [0.1, 0.15) is 17.7 Å². The van der Waals surface area contributed by atoms with Crippen LogP contribution in [0.15, 0.2) is 66.9 Å². The van der Waals surface area contributed by atoms with Gasteiger partial charge in [-0.25, -0.2) is 17.9 Å². The Bertz CT molecular complexity index is 1370. The molecule has 3 aromatic carbocycles. The van der Waals surface area contributed by atoms with Crippen LogP contribution < -0.4 is 10.1 Å². The maximum Gasteiger partial charge on any atom is 0.321 e. The summed E-state index contributed by atoms with van der Waals surface area (Å²) in [6.07, 6.45) is 0.432. The zero-order chi connectivity index (χ0) is 25.3. The van der Waals surface area contributed by atoms with Gasteiger partial charge < -0.3 is 10.1 Å². The highest BCUT2D eigenvalue weighted by Gasteiger charge is 2.35. The van der Waals surface area contributed by atoms with E-state index in [0.29, 0.717) is 23.5 Å². The smallest absolute Gasteiger partial charge is 0.321 e. The summed E-state index contributed by atoms with van der Waals surface area (Å²) in [7, 11) is 0. The number of ether oxygens (including phenoxy) is 1. The third-order valence-corrected chi connectivity index (χ3v) is 5.36. The summed E-state index contributed by atoms with van der Waals surface area (Å²) < 4.78 is 75.1. The molecular formula is C25H20F5N3O2. The van der Waals surface area contributed by atoms with Crippen molar-refractivity contribution in [2.75, 3.05) is 0 Å². The van der Waals surface area contributed by atoms with Gasteiger partial charge in [-0.1, -0.05) is 6.07 Å². The molecule has 5 nitrogen and oxygen atoms in total. The summed E-state index contributed by atoms with van der Waals surface area (Å²) in [6.45, 7) is 1.87. The first-order chi connectivity index (χ1) is 16.5. The quantitative estimate of drug-likeness (QED) is 0.338. The van der Waals surface area contributed by atoms with Crippen molar-refractivity contribution in [2.45, 2.75) is 31.9 Å². The highest BCUT2D eigenvalue weighted by atomic mass is 19.3. The molecule has 4 rings (SSSR count). The summed E-state index contributed by atoms with van der Waals surface area (Å²) in [4.78, 5) is 11.8. The summed E-state index contributed by atoms with van der Waals surface area (Å²) in [6, 6.07) is 12.6. The number of nitrogens with one attached hydrogen (secondary N) is 1. The number of aromatic nitrogens is 2. The van der Waals surface area contributed by atoms with Crippen LogP contribution in [0.3, 0.4) is 0 Å². The molecule has 0 aliphatic carbocycles. The summed E-state index contributed by atoms with van der Waals surface area (Å²) >= 11 is 0. The average Bonchev–Trinajstić information content (AvgIpc) is 3.22. The van der Waals surface area contributed by atoms with E-state index in [9.17, 15) is 26.7 Å². The van der Waals surface area contributed by atoms with Crippen molar-refractivity contribution in [3.8, 4) is 11.4 Å². The number of carbonyl (C=O) groups is 1. The van der Waals surface area contributed by atoms with Gasteiger partial charge in [0.25, 0.3) is 5.91 Å². The number of carbonyl (C=O) groups excluding carboxylic acids is 1. The largest absolute Gasteiger partial charge is 0.484 e. The molecule has 4 aromatic rings. The van der Waals surface area contributed by atoms with Gasteiger partial charge in [0, 0.05) is 12.3 Å². The summed E-state index contributed by atoms with van der Waals surface area (Å²) in [5, 5.41) is 7.11. The summed E-state index contributed by atoms with van der Waals surface area (Å²) in [5.41, 5.74) is 1.45. The molecule has 0 aliphatic rings. The second-order valence-corrected chi connectivity index (χ2v) is 8.12. The van der Waals surface area contributed by atoms with Crippen LogP contribution in [0.1, 0.15) is 25.5 Å². The fourth-order valence-corrected chi connectivity index (χ4v) is 3.58. The van der Waals surface area contributed by atoms with E-state index < -0.39 is 35.6 Å². The molecule has 0 unspecified atom stereocenters. The van der Waals surface area contributed by atoms with Crippen LogP contribution in [0.2, 0.25) is 0 Å². The minimum absolute atomic E-state index is 0.137. The predicted octanol–water partition coefficient (Wildman–Crippen LogP) is 5.72. The predicted molar refractivity (Wildman–Crippen MR) is 119 cm³/mol. The Morgan fingerprint density at radius 2 is 1.71 bits per heavy atom. The minimum atomic E-state index is -3.64. The van der Waals surface area contributed by atoms with E-state index in [1.165, 1.54) is 25.1 Å². The average molecular weight is 489 g/mol. The van der Waals surface area contributed by atoms with Gasteiger partial charge in [-0.2, -0.15) is 13.9 Å². The number of alkyl halides is 2. The Kier molecular flexibility index (Phi) is 6.47. The molecule has 35 heavy (non-hydrogen) atoms. The lowest BCUT2D eigenvalue weighted by molar-refractivity contribution is -0.144. The molecule has 0 saturated heterocycles. The Balaban J connectivity index is 1.66. The first-order valence-electron chi connectivity index (χ1n) is 10.6. The number of hydrogen-bond acceptors (Lipinski definition) is 3. The molecule has 1 aromatic heterocycles. The van der Waals surface area contributed by atoms with Gasteiger partial charge in [0.2, 0.25) is 0 Å². The van der Waals surface area contributed by atoms with Gasteiger partial charge in [0.05, 0.1) is 23.4 Å². The van der Waals surface area contributed by atoms with Gasteiger partial charge >= 0.3 is 5.92 Å². The van der Waals surface area contributed by atoms with Crippen molar-refractivity contribution in [1.29, 1.82) is 0 Å². The van der Waals surface area contributed by atoms with Crippen molar-refractivity contribution >= 4 is 16.8 Å². The first-order valence-corrected chi connectivity index (χ1v) is 10.6. The van der Waals surface area contributed by atoms with Crippen molar-refractivity contribution in [1.82, 2.24) is 15.1 Å². The molecule has 2 atom stereocenters. The molecule has 0 fully saturated rings. The molecule has 0 aliphatic heterocycles. The summed E-state index contributed by atoms with van der Waals surface area (Å²) in [5.74, 6) is -7.51. The lowest BCUT2D eigenvalue weighted by Gasteiger charge is -2.27. The highest BCUT2D eigenvalue weighted by Crippen LogP contribution is 2.30. The zero-order valence-electron chi connectivity index (χ0n) is 18.6. The Morgan fingerprint density at radius 1 is 1.00 bits per heavy atom. The topological polar surface area (TPSA) is 56.1 Å². The molecule has 0 bridgehead atoms. The second kappa shape index (κ2) is 9.36. The van der Waals surface area contributed by atoms with Gasteiger partial charge in [-0.3, -0.25) is 4.79 Å². The van der Waals surface area contributed by atoms with Crippen LogP contribution in [0.25, 0.3) is 16.6 Å². The lowest BCUT2D eigenvalue weighted by Crippen LogP contribution is -2.46. The second-order valence-electron chi connectivity index (χ2n) is 8.12. The van der Waals surface area contributed by atoms with E-state index in [0.717, 1.165) is 12.1 Å². The molecular weight excluding hydrogens is 469 g/mol. The van der Waals surface area contributed by atoms with E-state index >= 15 is 0 Å². The van der Waals surface area contributed by atoms with Crippen molar-refractivity contribution < 1.29 is 31.5 Å². The third-order valence-electron chi connectivity index (χ3n) is 5.36. The van der Waals surface area contributed by atoms with Gasteiger partial charge in [-0.05, 0) is 67.1 Å². The molecule has 1 N–H and O–H groups in total. The Hall–Kier alpha value is -3.95. The maximum atomic E-state index is 13.9. The van der Waals surface area contributed by atoms with Crippen LogP contribution in [0, 0.1) is 17.5 Å². The van der Waals surface area contributed by atoms with E-state index in [1.54, 1.807) is 41.2 Å². The van der Waals surface area contributed by atoms with Crippen LogP contribution >= 0.6 is 0 Å². The monoisotopic (exact) mass is 489 g/mol. The maximum absolute atomic E-state index is 13.9. The standard InChI is InChI=1S/C25H20F5N3O2/c1-14(32-24(34)25(2,29)30)23(15-3-9-20(27)21(28)12-15)35-19-8-10-22-16(11-19)13-31-33(22)18-6-4-17(26)5-7-18/h3-14,23H,1-2H3,(H,32,34)/t14-,23-/m0/s1. The van der Waals surface area contributed by atoms with E-state index in [-0.39, 0.29) is 17.1 Å². The van der Waals surface area contributed by atoms with Crippen molar-refractivity contribution in [3.05, 3.63) is 89.9 Å². The molecule has 0 radical (unpaired) electrons. The number of fused-ring (bicyclic) bond motifs is 1. The highest BCUT2D eigenvalue weighted by molar-refractivity contribution is 5.83. The van der Waals surface area contributed by atoms with E-state index in [4.69, 9.17) is 4.74 Å². The molecule has 0 spiro atoms. The molecule has 182 valence electrons. The minimum Gasteiger partial charge on any atom is -0.484 e. The molecule has 0 saturated carbocycles. The third kappa shape index (κ3) is 5.26. The van der Waals surface area contributed by atoms with E-state index in [2.05, 4.69) is 10.4 Å². The molecule has 1 heterocycles. The molecule has 10 heteroatoms. The fourth-order valence-electron chi connectivity index (χ4n) is 3.58. The van der Waals surface area contributed by atoms with Crippen LogP contribution in [-0.2, 0) is 4.79 Å². The zero-order valence-corrected chi connectivity index (χ0v) is 18.6. The number of halogens is 5. The Morgan fingerprint density at radius 3 is 2.37 bits per heavy atom. The van der Waals surface area contributed by atoms with Crippen LogP contribution in [-0.4, -0.2) is 27.7 Å². The Labute approximate surface area is 197 Å². The molecule has 1 amide bonds. The van der Waals surface area contributed by atoms with Crippen LogP contribution in [0.4, 0.5) is 22.0 Å². The number of benzene rings is 3. The normalized spacial score (nSPS) is 13.5. The SMILES string of the molecule is C[C@H](NC(=O)C(C)(F)F)[C@H](Oc1ccc2c(cnn2-c2ccc(F)cc2)c1)c1ccc(F)c(F)c1.